The van der Waals surface area contributed by atoms with E-state index in [4.69, 9.17) is 4.74 Å². The van der Waals surface area contributed by atoms with Gasteiger partial charge in [0, 0.05) is 0 Å². The predicted octanol–water partition coefficient (Wildman–Crippen LogP) is 2.63. The highest BCUT2D eigenvalue weighted by molar-refractivity contribution is 5.77. The number of ether oxygens (including phenoxy) is 2. The third-order valence-electron chi connectivity index (χ3n) is 2.78. The topological polar surface area (TPSA) is 64.6 Å². The van der Waals surface area contributed by atoms with E-state index in [0.717, 1.165) is 12.7 Å². The van der Waals surface area contributed by atoms with Crippen molar-refractivity contribution in [3.05, 3.63) is 35.9 Å². The zero-order valence-electron chi connectivity index (χ0n) is 13.3. The molecule has 1 rings (SSSR count). The van der Waals surface area contributed by atoms with Gasteiger partial charge in [0.2, 0.25) is 6.17 Å². The summed E-state index contributed by atoms with van der Waals surface area (Å²) in [6, 6.07) is 7.93. The third kappa shape index (κ3) is 6.11. The van der Waals surface area contributed by atoms with Gasteiger partial charge in [0.15, 0.2) is 0 Å². The van der Waals surface area contributed by atoms with Crippen LogP contribution in [0.3, 0.4) is 0 Å². The Morgan fingerprint density at radius 2 is 1.82 bits per heavy atom. The molecule has 0 unspecified atom stereocenters. The van der Waals surface area contributed by atoms with Crippen molar-refractivity contribution in [2.24, 2.45) is 0 Å². The van der Waals surface area contributed by atoms with Gasteiger partial charge in [0.05, 0.1) is 13.2 Å². The number of esters is 1. The number of nitrogens with one attached hydrogen (secondary N) is 1. The largest absolute Gasteiger partial charge is 0.467 e. The van der Waals surface area contributed by atoms with E-state index in [-0.39, 0.29) is 6.42 Å². The van der Waals surface area contributed by atoms with E-state index in [1.807, 2.05) is 6.07 Å². The molecule has 0 fully saturated rings. The number of carbonyl (C=O) groups excluding carboxylic acids is 2. The van der Waals surface area contributed by atoms with Crippen molar-refractivity contribution in [1.29, 1.82) is 0 Å². The van der Waals surface area contributed by atoms with Gasteiger partial charge in [-0.25, -0.2) is 14.0 Å². The number of hydrogen-bond acceptors (Lipinski definition) is 4. The number of hydrogen-bond donors (Lipinski definition) is 1. The summed E-state index contributed by atoms with van der Waals surface area (Å²) in [5.41, 5.74) is 0.0773. The lowest BCUT2D eigenvalue weighted by atomic mass is 10.0. The van der Waals surface area contributed by atoms with Crippen LogP contribution in [0.1, 0.15) is 26.3 Å². The van der Waals surface area contributed by atoms with Crippen LogP contribution in [0.2, 0.25) is 0 Å². The van der Waals surface area contributed by atoms with Crippen LogP contribution in [-0.4, -0.2) is 37.0 Å². The molecule has 2 atom stereocenters. The normalized spacial score (nSPS) is 13.9. The molecule has 5 nitrogen and oxygen atoms in total. The van der Waals surface area contributed by atoms with Gasteiger partial charge in [-0.3, -0.25) is 0 Å². The lowest BCUT2D eigenvalue weighted by Crippen LogP contribution is -2.48. The van der Waals surface area contributed by atoms with E-state index in [1.165, 1.54) is 0 Å². The van der Waals surface area contributed by atoms with Gasteiger partial charge in [0.1, 0.15) is 5.60 Å². The fourth-order valence-electron chi connectivity index (χ4n) is 1.83. The van der Waals surface area contributed by atoms with Crippen LogP contribution in [0.15, 0.2) is 30.3 Å². The Bertz CT molecular complexity index is 499. The van der Waals surface area contributed by atoms with Gasteiger partial charge in [-0.1, -0.05) is 30.3 Å². The first kappa shape index (κ1) is 17.9. The molecule has 1 amide bonds. The van der Waals surface area contributed by atoms with Crippen LogP contribution in [-0.2, 0) is 20.7 Å². The first-order chi connectivity index (χ1) is 10.2. The van der Waals surface area contributed by atoms with Crippen molar-refractivity contribution in [3.8, 4) is 0 Å². The van der Waals surface area contributed by atoms with Crippen molar-refractivity contribution < 1.29 is 23.5 Å². The second kappa shape index (κ2) is 7.77. The van der Waals surface area contributed by atoms with Crippen LogP contribution in [0.4, 0.5) is 9.18 Å². The fraction of sp³-hybridized carbons (Fsp3) is 0.500. The summed E-state index contributed by atoms with van der Waals surface area (Å²) in [6.45, 7) is 5.10. The molecule has 1 aromatic carbocycles. The Morgan fingerprint density at radius 1 is 1.23 bits per heavy atom. The molecule has 1 aromatic rings. The maximum Gasteiger partial charge on any atom is 0.407 e. The molecule has 0 aromatic heterocycles. The first-order valence-corrected chi connectivity index (χ1v) is 6.98. The second-order valence-electron chi connectivity index (χ2n) is 5.87. The molecule has 0 aliphatic carbocycles. The lowest BCUT2D eigenvalue weighted by Gasteiger charge is -2.24. The Hall–Kier alpha value is -2.11. The minimum Gasteiger partial charge on any atom is -0.467 e. The zero-order valence-corrected chi connectivity index (χ0v) is 13.3. The Balaban J connectivity index is 2.82. The molecule has 0 heterocycles. The standard InChI is InChI=1S/C16H22FNO4/c1-16(2,3)22-15(20)18-12(13(17)14(19)21-4)10-11-8-6-5-7-9-11/h5-9,12-13H,10H2,1-4H3,(H,18,20)/t12-,13-/m0/s1. The second-order valence-corrected chi connectivity index (χ2v) is 5.87. The SMILES string of the molecule is COC(=O)[C@@H](F)[C@H](Cc1ccccc1)NC(=O)OC(C)(C)C. The Labute approximate surface area is 129 Å². The van der Waals surface area contributed by atoms with Crippen molar-refractivity contribution in [2.75, 3.05) is 7.11 Å². The molecule has 0 spiro atoms. The van der Waals surface area contributed by atoms with Gasteiger partial charge in [-0.2, -0.15) is 0 Å². The highest BCUT2D eigenvalue weighted by Gasteiger charge is 2.32. The quantitative estimate of drug-likeness (QED) is 0.849. The molecule has 0 saturated carbocycles. The summed E-state index contributed by atoms with van der Waals surface area (Å²) in [5, 5.41) is 2.40. The van der Waals surface area contributed by atoms with Crippen LogP contribution in [0, 0.1) is 0 Å². The van der Waals surface area contributed by atoms with E-state index in [2.05, 4.69) is 10.1 Å². The molecular weight excluding hydrogens is 289 g/mol. The fourth-order valence-corrected chi connectivity index (χ4v) is 1.83. The number of carbonyl (C=O) groups is 2. The van der Waals surface area contributed by atoms with E-state index >= 15 is 0 Å². The molecular formula is C16H22FNO4. The van der Waals surface area contributed by atoms with Crippen molar-refractivity contribution in [1.82, 2.24) is 5.32 Å². The minimum atomic E-state index is -1.97. The lowest BCUT2D eigenvalue weighted by molar-refractivity contribution is -0.147. The van der Waals surface area contributed by atoms with Gasteiger partial charge in [0.25, 0.3) is 0 Å². The Kier molecular flexibility index (Phi) is 6.34. The van der Waals surface area contributed by atoms with Crippen LogP contribution >= 0.6 is 0 Å². The summed E-state index contributed by atoms with van der Waals surface area (Å²) >= 11 is 0. The van der Waals surface area contributed by atoms with E-state index in [0.29, 0.717) is 0 Å². The summed E-state index contributed by atoms with van der Waals surface area (Å²) in [6.07, 6.45) is -2.60. The van der Waals surface area contributed by atoms with Crippen LogP contribution < -0.4 is 5.32 Å². The molecule has 6 heteroatoms. The number of alkyl halides is 1. The van der Waals surface area contributed by atoms with Gasteiger partial charge in [-0.05, 0) is 32.8 Å². The molecule has 0 aliphatic heterocycles. The summed E-state index contributed by atoms with van der Waals surface area (Å²) in [5.74, 6) is -1.03. The summed E-state index contributed by atoms with van der Waals surface area (Å²) in [4.78, 5) is 23.2. The number of methoxy groups -OCH3 is 1. The smallest absolute Gasteiger partial charge is 0.407 e. The number of amides is 1. The molecule has 122 valence electrons. The monoisotopic (exact) mass is 311 g/mol. The Morgan fingerprint density at radius 3 is 2.32 bits per heavy atom. The number of benzene rings is 1. The van der Waals surface area contributed by atoms with E-state index < -0.39 is 29.9 Å². The number of rotatable bonds is 5. The van der Waals surface area contributed by atoms with Gasteiger partial charge in [-0.15, -0.1) is 0 Å². The van der Waals surface area contributed by atoms with E-state index in [1.54, 1.807) is 45.0 Å². The molecule has 0 aliphatic rings. The maximum absolute atomic E-state index is 14.2. The van der Waals surface area contributed by atoms with Crippen LogP contribution in [0.25, 0.3) is 0 Å². The predicted molar refractivity (Wildman–Crippen MR) is 80.2 cm³/mol. The average molecular weight is 311 g/mol. The first-order valence-electron chi connectivity index (χ1n) is 6.98. The maximum atomic E-state index is 14.2. The summed E-state index contributed by atoms with van der Waals surface area (Å²) < 4.78 is 23.7. The van der Waals surface area contributed by atoms with Crippen LogP contribution in [0.5, 0.6) is 0 Å². The van der Waals surface area contributed by atoms with E-state index in [9.17, 15) is 14.0 Å². The minimum absolute atomic E-state index is 0.149. The van der Waals surface area contributed by atoms with Crippen molar-refractivity contribution in [3.63, 3.8) is 0 Å². The molecule has 1 N–H and O–H groups in total. The van der Waals surface area contributed by atoms with Gasteiger partial charge < -0.3 is 14.8 Å². The van der Waals surface area contributed by atoms with Crippen molar-refractivity contribution in [2.45, 2.75) is 45.0 Å². The number of alkyl carbamates (subject to hydrolysis) is 1. The zero-order chi connectivity index (χ0) is 16.8. The summed E-state index contributed by atoms with van der Waals surface area (Å²) in [7, 11) is 1.10. The molecule has 0 radical (unpaired) electrons. The highest BCUT2D eigenvalue weighted by Crippen LogP contribution is 2.12. The number of halogens is 1. The molecule has 0 saturated heterocycles. The third-order valence-corrected chi connectivity index (χ3v) is 2.78. The molecule has 0 bridgehead atoms. The average Bonchev–Trinajstić information content (AvgIpc) is 2.44. The van der Waals surface area contributed by atoms with Crippen molar-refractivity contribution >= 4 is 12.1 Å². The molecule has 22 heavy (non-hydrogen) atoms. The van der Waals surface area contributed by atoms with Gasteiger partial charge >= 0.3 is 12.1 Å². The highest BCUT2D eigenvalue weighted by atomic mass is 19.1.